The van der Waals surface area contributed by atoms with E-state index in [0.717, 1.165) is 44.2 Å². The van der Waals surface area contributed by atoms with Crippen LogP contribution in [-0.4, -0.2) is 38.5 Å². The molecule has 0 unspecified atom stereocenters. The highest BCUT2D eigenvalue weighted by molar-refractivity contribution is 7.99. The number of aromatic nitrogens is 4. The van der Waals surface area contributed by atoms with Crippen LogP contribution in [0, 0.1) is 0 Å². The molecule has 0 spiro atoms. The summed E-state index contributed by atoms with van der Waals surface area (Å²) in [6.45, 7) is 2.62. The Bertz CT molecular complexity index is 1570. The highest BCUT2D eigenvalue weighted by Gasteiger charge is 2.19. The number of imidazole rings is 1. The van der Waals surface area contributed by atoms with Gasteiger partial charge in [0.1, 0.15) is 0 Å². The van der Waals surface area contributed by atoms with Gasteiger partial charge in [-0.25, -0.2) is 14.6 Å². The minimum absolute atomic E-state index is 0.385. The molecule has 5 aromatic rings. The van der Waals surface area contributed by atoms with E-state index in [-0.39, 0.29) is 5.97 Å². The van der Waals surface area contributed by atoms with Crippen LogP contribution in [0.2, 0.25) is 0 Å². The molecule has 0 atom stereocenters. The summed E-state index contributed by atoms with van der Waals surface area (Å²) in [5, 5.41) is 4.68. The number of rotatable bonds is 7. The molecular weight excluding hydrogens is 464 g/mol. The number of fused-ring (bicyclic) bond motifs is 1. The van der Waals surface area contributed by atoms with Crippen LogP contribution in [0.25, 0.3) is 33.5 Å². The van der Waals surface area contributed by atoms with Crippen molar-refractivity contribution < 1.29 is 14.1 Å². The largest absolute Gasteiger partial charge is 0.465 e. The van der Waals surface area contributed by atoms with Crippen LogP contribution in [0.5, 0.6) is 0 Å². The molecule has 176 valence electrons. The summed E-state index contributed by atoms with van der Waals surface area (Å²) < 4.78 is 11.8. The summed E-state index contributed by atoms with van der Waals surface area (Å²) >= 11 is 1.63. The van der Waals surface area contributed by atoms with Gasteiger partial charge in [-0.3, -0.25) is 9.51 Å². The number of carbonyl (C=O) groups excluding carboxylic acids is 1. The quantitative estimate of drug-likeness (QED) is 0.255. The second-order valence-corrected chi connectivity index (χ2v) is 9.00. The summed E-state index contributed by atoms with van der Waals surface area (Å²) in [4.78, 5) is 31.3. The van der Waals surface area contributed by atoms with Crippen LogP contribution in [0.4, 0.5) is 0 Å². The van der Waals surface area contributed by atoms with Gasteiger partial charge in [-0.15, -0.1) is 0 Å². The Kier molecular flexibility index (Phi) is 6.24. The van der Waals surface area contributed by atoms with Gasteiger partial charge in [-0.1, -0.05) is 78.4 Å². The molecule has 0 saturated heterocycles. The van der Waals surface area contributed by atoms with Crippen LogP contribution < -0.4 is 5.76 Å². The number of benzene rings is 3. The fourth-order valence-corrected chi connectivity index (χ4v) is 4.82. The van der Waals surface area contributed by atoms with Crippen molar-refractivity contribution >= 4 is 28.8 Å². The number of H-pyrrole nitrogens is 1. The fraction of sp³-hybridized carbons (Fsp3) is 0.154. The standard InChI is InChI=1S/C26H22N4O4S/c1-3-35-25-27-21-10-6-9-20(24(31)33-2)22(21)30(25)15-16-11-13-17(14-12-16)18-7-4-5-8-19(18)23-28-26(32)34-29-23/h4-14H,3,15H2,1-2H3,(H,28,29,32). The van der Waals surface area contributed by atoms with E-state index in [1.165, 1.54) is 7.11 Å². The van der Waals surface area contributed by atoms with Gasteiger partial charge in [0.25, 0.3) is 0 Å². The fourth-order valence-electron chi connectivity index (χ4n) is 4.08. The first kappa shape index (κ1) is 22.7. The maximum absolute atomic E-state index is 12.4. The van der Waals surface area contributed by atoms with Gasteiger partial charge in [0.15, 0.2) is 11.0 Å². The lowest BCUT2D eigenvalue weighted by Gasteiger charge is -2.12. The lowest BCUT2D eigenvalue weighted by molar-refractivity contribution is 0.0602. The summed E-state index contributed by atoms with van der Waals surface area (Å²) in [6.07, 6.45) is 0. The molecule has 0 bridgehead atoms. The first-order chi connectivity index (χ1) is 17.1. The van der Waals surface area contributed by atoms with E-state index < -0.39 is 5.76 Å². The van der Waals surface area contributed by atoms with Gasteiger partial charge in [-0.2, -0.15) is 0 Å². The number of hydrogen-bond acceptors (Lipinski definition) is 7. The van der Waals surface area contributed by atoms with E-state index in [1.807, 2.05) is 60.7 Å². The van der Waals surface area contributed by atoms with Crippen molar-refractivity contribution in [3.05, 3.63) is 88.4 Å². The number of carbonyl (C=O) groups is 1. The van der Waals surface area contributed by atoms with E-state index >= 15 is 0 Å². The zero-order valence-corrected chi connectivity index (χ0v) is 20.0. The van der Waals surface area contributed by atoms with Gasteiger partial charge < -0.3 is 9.30 Å². The van der Waals surface area contributed by atoms with Crippen molar-refractivity contribution in [3.63, 3.8) is 0 Å². The number of nitrogens with zero attached hydrogens (tertiary/aromatic N) is 3. The van der Waals surface area contributed by atoms with Crippen molar-refractivity contribution in [1.82, 2.24) is 19.7 Å². The first-order valence-corrected chi connectivity index (χ1v) is 12.0. The maximum atomic E-state index is 12.4. The van der Waals surface area contributed by atoms with Crippen LogP contribution >= 0.6 is 11.8 Å². The Morgan fingerprint density at radius 3 is 2.51 bits per heavy atom. The van der Waals surface area contributed by atoms with Crippen molar-refractivity contribution in [2.45, 2.75) is 18.6 Å². The molecule has 0 saturated carbocycles. The Hall–Kier alpha value is -4.11. The lowest BCUT2D eigenvalue weighted by Crippen LogP contribution is -2.07. The monoisotopic (exact) mass is 486 g/mol. The molecule has 35 heavy (non-hydrogen) atoms. The average Bonchev–Trinajstić information content (AvgIpc) is 3.47. The number of aromatic amines is 1. The third kappa shape index (κ3) is 4.38. The highest BCUT2D eigenvalue weighted by Crippen LogP contribution is 2.31. The number of thioether (sulfide) groups is 1. The molecule has 0 fully saturated rings. The maximum Gasteiger partial charge on any atom is 0.439 e. The minimum atomic E-state index is -0.593. The Balaban J connectivity index is 1.53. The Morgan fingerprint density at radius 1 is 1.06 bits per heavy atom. The molecule has 2 aromatic heterocycles. The first-order valence-electron chi connectivity index (χ1n) is 11.0. The van der Waals surface area contributed by atoms with Gasteiger partial charge in [-0.05, 0) is 34.6 Å². The normalized spacial score (nSPS) is 11.1. The molecular formula is C26H22N4O4S. The third-order valence-corrected chi connectivity index (χ3v) is 6.50. The van der Waals surface area contributed by atoms with Crippen LogP contribution in [-0.2, 0) is 11.3 Å². The molecule has 0 aliphatic heterocycles. The molecule has 0 aliphatic rings. The van der Waals surface area contributed by atoms with E-state index in [4.69, 9.17) is 9.72 Å². The summed E-state index contributed by atoms with van der Waals surface area (Å²) in [5.74, 6) is 0.264. The predicted molar refractivity (Wildman–Crippen MR) is 135 cm³/mol. The van der Waals surface area contributed by atoms with Gasteiger partial charge in [0, 0.05) is 5.56 Å². The van der Waals surface area contributed by atoms with Crippen molar-refractivity contribution in [2.75, 3.05) is 12.9 Å². The van der Waals surface area contributed by atoms with E-state index in [1.54, 1.807) is 17.8 Å². The van der Waals surface area contributed by atoms with Crippen LogP contribution in [0.1, 0.15) is 22.8 Å². The third-order valence-electron chi connectivity index (χ3n) is 5.64. The van der Waals surface area contributed by atoms with Gasteiger partial charge >= 0.3 is 11.7 Å². The molecule has 0 amide bonds. The molecule has 3 aromatic carbocycles. The van der Waals surface area contributed by atoms with E-state index in [0.29, 0.717) is 17.9 Å². The summed E-state index contributed by atoms with van der Waals surface area (Å²) in [6, 6.07) is 21.3. The van der Waals surface area contributed by atoms with Crippen LogP contribution in [0.3, 0.4) is 0 Å². The van der Waals surface area contributed by atoms with Gasteiger partial charge in [0.05, 0.1) is 30.3 Å². The smallest absolute Gasteiger partial charge is 0.439 e. The molecule has 5 rings (SSSR count). The van der Waals surface area contributed by atoms with E-state index in [2.05, 4.69) is 26.2 Å². The van der Waals surface area contributed by atoms with Crippen LogP contribution in [0.15, 0.2) is 81.2 Å². The molecule has 1 N–H and O–H groups in total. The summed E-state index contributed by atoms with van der Waals surface area (Å²) in [7, 11) is 1.38. The zero-order chi connectivity index (χ0) is 24.4. The second kappa shape index (κ2) is 9.63. The summed E-state index contributed by atoms with van der Waals surface area (Å²) in [5.41, 5.74) is 5.74. The lowest BCUT2D eigenvalue weighted by atomic mass is 9.98. The number of ether oxygens (including phenoxy) is 1. The van der Waals surface area contributed by atoms with Crippen molar-refractivity contribution in [1.29, 1.82) is 0 Å². The molecule has 0 radical (unpaired) electrons. The number of hydrogen-bond donors (Lipinski definition) is 1. The SMILES string of the molecule is CCSc1nc2cccc(C(=O)OC)c2n1Cc1ccc(-c2ccccc2-c2noc(=O)[nH]2)cc1. The van der Waals surface area contributed by atoms with Gasteiger partial charge in [0.2, 0.25) is 0 Å². The van der Waals surface area contributed by atoms with Crippen molar-refractivity contribution in [3.8, 4) is 22.5 Å². The Labute approximate surface area is 204 Å². The van der Waals surface area contributed by atoms with Crippen molar-refractivity contribution in [2.24, 2.45) is 0 Å². The highest BCUT2D eigenvalue weighted by atomic mass is 32.2. The number of methoxy groups -OCH3 is 1. The molecule has 9 heteroatoms. The minimum Gasteiger partial charge on any atom is -0.465 e. The Morgan fingerprint density at radius 2 is 1.83 bits per heavy atom. The number of nitrogens with one attached hydrogen (secondary N) is 1. The topological polar surface area (TPSA) is 103 Å². The number of esters is 1. The molecule has 2 heterocycles. The van der Waals surface area contributed by atoms with E-state index in [9.17, 15) is 9.59 Å². The second-order valence-electron chi connectivity index (χ2n) is 7.76. The molecule has 8 nitrogen and oxygen atoms in total. The predicted octanol–water partition coefficient (Wildman–Crippen LogP) is 4.99. The zero-order valence-electron chi connectivity index (χ0n) is 19.1. The average molecular weight is 487 g/mol. The molecule has 0 aliphatic carbocycles. The number of para-hydroxylation sites is 1.